The summed E-state index contributed by atoms with van der Waals surface area (Å²) in [5.41, 5.74) is 0. The zero-order chi connectivity index (χ0) is 12.3. The van der Waals surface area contributed by atoms with Crippen molar-refractivity contribution in [2.75, 3.05) is 7.05 Å². The lowest BCUT2D eigenvalue weighted by Gasteiger charge is -2.25. The molecule has 0 spiro atoms. The maximum Gasteiger partial charge on any atom is 0.225 e. The smallest absolute Gasteiger partial charge is 0.225 e. The Balaban J connectivity index is 1.90. The molecule has 1 saturated carbocycles. The number of carbonyl (C=O) groups excluding carboxylic acids is 1. The van der Waals surface area contributed by atoms with E-state index in [0.29, 0.717) is 6.54 Å². The second kappa shape index (κ2) is 5.39. The molecule has 2 rings (SSSR count). The highest BCUT2D eigenvalue weighted by atomic mass is 16.3. The fourth-order valence-electron chi connectivity index (χ4n) is 2.54. The van der Waals surface area contributed by atoms with Crippen LogP contribution in [0.1, 0.15) is 43.6 Å². The van der Waals surface area contributed by atoms with Gasteiger partial charge in [-0.05, 0) is 31.9 Å². The number of aryl methyl sites for hydroxylation is 1. The summed E-state index contributed by atoms with van der Waals surface area (Å²) in [5, 5.41) is 0. The standard InChI is InChI=1S/C14H21NO2/c1-11-8-9-13(17-11)10-15(2)14(16)12-6-4-3-5-7-12/h8-9,12H,3-7,10H2,1-2H3. The Morgan fingerprint density at radius 1 is 1.35 bits per heavy atom. The molecule has 0 radical (unpaired) electrons. The molecule has 0 aromatic carbocycles. The number of amides is 1. The van der Waals surface area contributed by atoms with Crippen LogP contribution < -0.4 is 0 Å². The summed E-state index contributed by atoms with van der Waals surface area (Å²) in [7, 11) is 1.87. The predicted molar refractivity (Wildman–Crippen MR) is 66.5 cm³/mol. The summed E-state index contributed by atoms with van der Waals surface area (Å²) in [6, 6.07) is 3.88. The van der Waals surface area contributed by atoms with Gasteiger partial charge in [0.1, 0.15) is 11.5 Å². The van der Waals surface area contributed by atoms with Crippen molar-refractivity contribution < 1.29 is 9.21 Å². The number of nitrogens with zero attached hydrogens (tertiary/aromatic N) is 1. The molecule has 3 heteroatoms. The first-order valence-electron chi connectivity index (χ1n) is 6.47. The fraction of sp³-hybridized carbons (Fsp3) is 0.643. The van der Waals surface area contributed by atoms with Crippen molar-refractivity contribution in [3.63, 3.8) is 0 Å². The third-order valence-electron chi connectivity index (χ3n) is 3.52. The van der Waals surface area contributed by atoms with E-state index < -0.39 is 0 Å². The van der Waals surface area contributed by atoms with E-state index in [1.807, 2.05) is 26.1 Å². The molecule has 17 heavy (non-hydrogen) atoms. The molecule has 0 aliphatic heterocycles. The molecule has 0 atom stereocenters. The van der Waals surface area contributed by atoms with Crippen LogP contribution in [0, 0.1) is 12.8 Å². The van der Waals surface area contributed by atoms with Gasteiger partial charge in [0.15, 0.2) is 0 Å². The quantitative estimate of drug-likeness (QED) is 0.806. The molecule has 0 saturated heterocycles. The molecule has 1 aromatic heterocycles. The fourth-order valence-corrected chi connectivity index (χ4v) is 2.54. The second-order valence-corrected chi connectivity index (χ2v) is 5.04. The number of carbonyl (C=O) groups is 1. The lowest BCUT2D eigenvalue weighted by Crippen LogP contribution is -2.33. The van der Waals surface area contributed by atoms with E-state index >= 15 is 0 Å². The van der Waals surface area contributed by atoms with Crippen LogP contribution in [0.4, 0.5) is 0 Å². The van der Waals surface area contributed by atoms with Crippen LogP contribution in [-0.4, -0.2) is 17.9 Å². The zero-order valence-electron chi connectivity index (χ0n) is 10.7. The molecule has 0 bridgehead atoms. The molecular formula is C14H21NO2. The Morgan fingerprint density at radius 2 is 2.06 bits per heavy atom. The summed E-state index contributed by atoms with van der Waals surface area (Å²) in [6.07, 6.45) is 5.79. The van der Waals surface area contributed by atoms with E-state index in [0.717, 1.165) is 24.4 Å². The molecule has 1 aliphatic carbocycles. The van der Waals surface area contributed by atoms with Gasteiger partial charge in [-0.1, -0.05) is 19.3 Å². The third-order valence-corrected chi connectivity index (χ3v) is 3.52. The molecular weight excluding hydrogens is 214 g/mol. The highest BCUT2D eigenvalue weighted by Gasteiger charge is 2.24. The molecule has 1 aromatic rings. The minimum Gasteiger partial charge on any atom is -0.464 e. The van der Waals surface area contributed by atoms with Gasteiger partial charge in [0.25, 0.3) is 0 Å². The van der Waals surface area contributed by atoms with Gasteiger partial charge in [-0.2, -0.15) is 0 Å². The SMILES string of the molecule is Cc1ccc(CN(C)C(=O)C2CCCCC2)o1. The van der Waals surface area contributed by atoms with E-state index in [2.05, 4.69) is 0 Å². The average molecular weight is 235 g/mol. The van der Waals surface area contributed by atoms with Crippen molar-refractivity contribution >= 4 is 5.91 Å². The first kappa shape index (κ1) is 12.2. The van der Waals surface area contributed by atoms with Crippen molar-refractivity contribution in [1.82, 2.24) is 4.90 Å². The highest BCUT2D eigenvalue weighted by molar-refractivity contribution is 5.78. The number of rotatable bonds is 3. The summed E-state index contributed by atoms with van der Waals surface area (Å²) < 4.78 is 5.50. The molecule has 1 fully saturated rings. The molecule has 3 nitrogen and oxygen atoms in total. The Morgan fingerprint density at radius 3 is 2.65 bits per heavy atom. The molecule has 1 heterocycles. The lowest BCUT2D eigenvalue weighted by molar-refractivity contribution is -0.136. The summed E-state index contributed by atoms with van der Waals surface area (Å²) >= 11 is 0. The number of hydrogen-bond donors (Lipinski definition) is 0. The van der Waals surface area contributed by atoms with Crippen LogP contribution >= 0.6 is 0 Å². The zero-order valence-corrected chi connectivity index (χ0v) is 10.7. The van der Waals surface area contributed by atoms with Crippen LogP contribution in [-0.2, 0) is 11.3 Å². The minimum absolute atomic E-state index is 0.241. The minimum atomic E-state index is 0.241. The van der Waals surface area contributed by atoms with E-state index in [-0.39, 0.29) is 11.8 Å². The van der Waals surface area contributed by atoms with Gasteiger partial charge in [-0.15, -0.1) is 0 Å². The Hall–Kier alpha value is -1.25. The maximum atomic E-state index is 12.2. The van der Waals surface area contributed by atoms with Crippen molar-refractivity contribution in [2.24, 2.45) is 5.92 Å². The van der Waals surface area contributed by atoms with Gasteiger partial charge in [-0.25, -0.2) is 0 Å². The van der Waals surface area contributed by atoms with Gasteiger partial charge >= 0.3 is 0 Å². The number of hydrogen-bond acceptors (Lipinski definition) is 2. The van der Waals surface area contributed by atoms with Gasteiger partial charge in [0, 0.05) is 13.0 Å². The van der Waals surface area contributed by atoms with Gasteiger partial charge in [0.05, 0.1) is 6.54 Å². The van der Waals surface area contributed by atoms with Crippen LogP contribution in [0.15, 0.2) is 16.5 Å². The lowest BCUT2D eigenvalue weighted by atomic mass is 9.88. The van der Waals surface area contributed by atoms with Crippen molar-refractivity contribution in [3.05, 3.63) is 23.7 Å². The van der Waals surface area contributed by atoms with Crippen LogP contribution in [0.2, 0.25) is 0 Å². The van der Waals surface area contributed by atoms with Crippen LogP contribution in [0.25, 0.3) is 0 Å². The molecule has 1 aliphatic rings. The van der Waals surface area contributed by atoms with Gasteiger partial charge in [0.2, 0.25) is 5.91 Å². The molecule has 1 amide bonds. The van der Waals surface area contributed by atoms with Crippen molar-refractivity contribution in [2.45, 2.75) is 45.6 Å². The molecule has 0 N–H and O–H groups in total. The van der Waals surface area contributed by atoms with E-state index in [9.17, 15) is 4.79 Å². The summed E-state index contributed by atoms with van der Waals surface area (Å²) in [4.78, 5) is 14.0. The van der Waals surface area contributed by atoms with E-state index in [1.165, 1.54) is 19.3 Å². The topological polar surface area (TPSA) is 33.5 Å². The first-order chi connectivity index (χ1) is 8.16. The monoisotopic (exact) mass is 235 g/mol. The van der Waals surface area contributed by atoms with E-state index in [1.54, 1.807) is 4.90 Å². The largest absolute Gasteiger partial charge is 0.464 e. The Labute approximate surface area is 103 Å². The number of furan rings is 1. The summed E-state index contributed by atoms with van der Waals surface area (Å²) in [5.74, 6) is 2.29. The van der Waals surface area contributed by atoms with Crippen molar-refractivity contribution in [3.8, 4) is 0 Å². The highest BCUT2D eigenvalue weighted by Crippen LogP contribution is 2.25. The Kier molecular flexibility index (Phi) is 3.87. The molecule has 94 valence electrons. The Bertz CT molecular complexity index is 377. The normalized spacial score (nSPS) is 17.1. The van der Waals surface area contributed by atoms with Crippen LogP contribution in [0.3, 0.4) is 0 Å². The molecule has 0 unspecified atom stereocenters. The maximum absolute atomic E-state index is 12.2. The average Bonchev–Trinajstić information content (AvgIpc) is 2.75. The van der Waals surface area contributed by atoms with Gasteiger partial charge in [-0.3, -0.25) is 4.79 Å². The predicted octanol–water partition coefficient (Wildman–Crippen LogP) is 3.13. The van der Waals surface area contributed by atoms with Crippen molar-refractivity contribution in [1.29, 1.82) is 0 Å². The van der Waals surface area contributed by atoms with E-state index in [4.69, 9.17) is 4.42 Å². The van der Waals surface area contributed by atoms with Gasteiger partial charge < -0.3 is 9.32 Å². The summed E-state index contributed by atoms with van der Waals surface area (Å²) in [6.45, 7) is 2.51. The van der Waals surface area contributed by atoms with Crippen LogP contribution in [0.5, 0.6) is 0 Å². The first-order valence-corrected chi connectivity index (χ1v) is 6.47. The third kappa shape index (κ3) is 3.11. The second-order valence-electron chi connectivity index (χ2n) is 5.04.